The minimum Gasteiger partial charge on any atom is -0.332 e. The third kappa shape index (κ3) is 3.67. The Morgan fingerprint density at radius 2 is 1.85 bits per heavy atom. The zero-order chi connectivity index (χ0) is 14.5. The maximum Gasteiger partial charge on any atom is 0.175 e. The van der Waals surface area contributed by atoms with Crippen LogP contribution in [0.4, 0.5) is 15.8 Å². The van der Waals surface area contributed by atoms with Crippen molar-refractivity contribution in [3.63, 3.8) is 0 Å². The summed E-state index contributed by atoms with van der Waals surface area (Å²) in [5, 5.41) is 15.1. The molecule has 0 fully saturated rings. The van der Waals surface area contributed by atoms with Crippen LogP contribution in [0.3, 0.4) is 0 Å². The number of anilines is 2. The van der Waals surface area contributed by atoms with Crippen molar-refractivity contribution in [2.45, 2.75) is 0 Å². The van der Waals surface area contributed by atoms with Crippen LogP contribution in [0.5, 0.6) is 0 Å². The van der Waals surface area contributed by atoms with Crippen LogP contribution in [0.2, 0.25) is 5.02 Å². The van der Waals surface area contributed by atoms with Gasteiger partial charge in [0.1, 0.15) is 5.82 Å². The summed E-state index contributed by atoms with van der Waals surface area (Å²) in [6.07, 6.45) is 0. The molecule has 0 heterocycles. The fourth-order valence-electron chi connectivity index (χ4n) is 1.50. The number of nitriles is 1. The van der Waals surface area contributed by atoms with Crippen molar-refractivity contribution in [3.8, 4) is 6.07 Å². The fourth-order valence-corrected chi connectivity index (χ4v) is 1.95. The monoisotopic (exact) mass is 305 g/mol. The summed E-state index contributed by atoms with van der Waals surface area (Å²) in [4.78, 5) is 0. The molecule has 0 atom stereocenters. The molecule has 0 aliphatic carbocycles. The topological polar surface area (TPSA) is 47.9 Å². The lowest BCUT2D eigenvalue weighted by atomic mass is 10.2. The van der Waals surface area contributed by atoms with Gasteiger partial charge >= 0.3 is 0 Å². The quantitative estimate of drug-likeness (QED) is 0.818. The number of nitrogens with zero attached hydrogens (tertiary/aromatic N) is 1. The lowest BCUT2D eigenvalue weighted by molar-refractivity contribution is 0.628. The molecule has 0 spiro atoms. The summed E-state index contributed by atoms with van der Waals surface area (Å²) < 4.78 is 12.9. The van der Waals surface area contributed by atoms with Gasteiger partial charge in [-0.1, -0.05) is 11.6 Å². The van der Waals surface area contributed by atoms with E-state index in [4.69, 9.17) is 29.1 Å². The molecule has 2 rings (SSSR count). The van der Waals surface area contributed by atoms with Crippen LogP contribution in [-0.2, 0) is 0 Å². The number of nitrogens with one attached hydrogen (secondary N) is 2. The van der Waals surface area contributed by atoms with Gasteiger partial charge in [-0.25, -0.2) is 4.39 Å². The van der Waals surface area contributed by atoms with Crippen molar-refractivity contribution < 1.29 is 4.39 Å². The number of halogens is 2. The van der Waals surface area contributed by atoms with Gasteiger partial charge in [0.25, 0.3) is 0 Å². The van der Waals surface area contributed by atoms with Crippen molar-refractivity contribution in [2.24, 2.45) is 0 Å². The van der Waals surface area contributed by atoms with Crippen molar-refractivity contribution in [2.75, 3.05) is 10.6 Å². The highest BCUT2D eigenvalue weighted by Crippen LogP contribution is 2.22. The van der Waals surface area contributed by atoms with E-state index in [-0.39, 0.29) is 5.02 Å². The van der Waals surface area contributed by atoms with E-state index in [0.717, 1.165) is 5.69 Å². The Bertz CT molecular complexity index is 680. The first kappa shape index (κ1) is 14.3. The van der Waals surface area contributed by atoms with Gasteiger partial charge in [-0.2, -0.15) is 5.26 Å². The zero-order valence-electron chi connectivity index (χ0n) is 10.2. The number of rotatable bonds is 2. The molecule has 0 bridgehead atoms. The number of hydrogen-bond acceptors (Lipinski definition) is 2. The molecule has 20 heavy (non-hydrogen) atoms. The molecular formula is C14H9ClFN3S. The maximum absolute atomic E-state index is 12.9. The molecule has 100 valence electrons. The van der Waals surface area contributed by atoms with E-state index in [2.05, 4.69) is 10.6 Å². The number of benzene rings is 2. The van der Waals surface area contributed by atoms with E-state index < -0.39 is 5.82 Å². The SMILES string of the molecule is N#Cc1ccc(NC(=S)Nc2ccc(F)cc2Cl)cc1. The molecule has 2 N–H and O–H groups in total. The third-order valence-electron chi connectivity index (χ3n) is 2.45. The van der Waals surface area contributed by atoms with E-state index in [0.29, 0.717) is 16.4 Å². The van der Waals surface area contributed by atoms with Gasteiger partial charge in [-0.15, -0.1) is 0 Å². The van der Waals surface area contributed by atoms with Gasteiger partial charge in [0.2, 0.25) is 0 Å². The van der Waals surface area contributed by atoms with Gasteiger partial charge < -0.3 is 10.6 Å². The predicted molar refractivity (Wildman–Crippen MR) is 82.4 cm³/mol. The van der Waals surface area contributed by atoms with E-state index in [1.807, 2.05) is 6.07 Å². The van der Waals surface area contributed by atoms with E-state index in [1.54, 1.807) is 24.3 Å². The Morgan fingerprint density at radius 3 is 2.45 bits per heavy atom. The molecule has 0 aromatic heterocycles. The Labute approximate surface area is 126 Å². The third-order valence-corrected chi connectivity index (χ3v) is 2.97. The molecule has 6 heteroatoms. The fraction of sp³-hybridized carbons (Fsp3) is 0. The van der Waals surface area contributed by atoms with E-state index in [1.165, 1.54) is 18.2 Å². The second-order valence-corrected chi connectivity index (χ2v) is 4.71. The largest absolute Gasteiger partial charge is 0.332 e. The Morgan fingerprint density at radius 1 is 1.15 bits per heavy atom. The maximum atomic E-state index is 12.9. The lowest BCUT2D eigenvalue weighted by Gasteiger charge is -2.11. The van der Waals surface area contributed by atoms with Crippen molar-refractivity contribution in [1.29, 1.82) is 5.26 Å². The van der Waals surface area contributed by atoms with Crippen LogP contribution in [0, 0.1) is 17.1 Å². The van der Waals surface area contributed by atoms with E-state index in [9.17, 15) is 4.39 Å². The Hall–Kier alpha value is -2.16. The van der Waals surface area contributed by atoms with Crippen molar-refractivity contribution in [3.05, 3.63) is 58.9 Å². The summed E-state index contributed by atoms with van der Waals surface area (Å²) in [7, 11) is 0. The normalized spacial score (nSPS) is 9.65. The summed E-state index contributed by atoms with van der Waals surface area (Å²) >= 11 is 11.0. The molecular weight excluding hydrogens is 297 g/mol. The predicted octanol–water partition coefficient (Wildman–Crippen LogP) is 4.16. The van der Waals surface area contributed by atoms with Crippen LogP contribution in [0.25, 0.3) is 0 Å². The van der Waals surface area contributed by atoms with Gasteiger partial charge in [0.05, 0.1) is 22.3 Å². The Balaban J connectivity index is 2.03. The van der Waals surface area contributed by atoms with Crippen LogP contribution in [-0.4, -0.2) is 5.11 Å². The lowest BCUT2D eigenvalue weighted by Crippen LogP contribution is -2.19. The molecule has 0 saturated carbocycles. The minimum absolute atomic E-state index is 0.244. The highest BCUT2D eigenvalue weighted by Gasteiger charge is 2.04. The standard InChI is InChI=1S/C14H9ClFN3S/c15-12-7-10(16)3-6-13(12)19-14(20)18-11-4-1-9(8-17)2-5-11/h1-7H,(H2,18,19,20). The van der Waals surface area contributed by atoms with Gasteiger partial charge in [-0.3, -0.25) is 0 Å². The molecule has 0 aliphatic heterocycles. The first-order valence-corrected chi connectivity index (χ1v) is 6.40. The molecule has 0 amide bonds. The molecule has 0 unspecified atom stereocenters. The van der Waals surface area contributed by atoms with Crippen molar-refractivity contribution >= 4 is 40.3 Å². The average Bonchev–Trinajstić information content (AvgIpc) is 2.43. The molecule has 2 aromatic carbocycles. The molecule has 3 nitrogen and oxygen atoms in total. The van der Waals surface area contributed by atoms with Gasteiger partial charge in [0.15, 0.2) is 5.11 Å². The van der Waals surface area contributed by atoms with Crippen LogP contribution < -0.4 is 10.6 Å². The highest BCUT2D eigenvalue weighted by molar-refractivity contribution is 7.80. The van der Waals surface area contributed by atoms with Crippen LogP contribution >= 0.6 is 23.8 Å². The van der Waals surface area contributed by atoms with Gasteiger partial charge in [-0.05, 0) is 54.7 Å². The minimum atomic E-state index is -0.411. The first-order valence-electron chi connectivity index (χ1n) is 5.62. The molecule has 0 saturated heterocycles. The van der Waals surface area contributed by atoms with Crippen molar-refractivity contribution in [1.82, 2.24) is 0 Å². The average molecular weight is 306 g/mol. The van der Waals surface area contributed by atoms with Crippen LogP contribution in [0.15, 0.2) is 42.5 Å². The van der Waals surface area contributed by atoms with E-state index >= 15 is 0 Å². The number of thiocarbonyl (C=S) groups is 1. The molecule has 0 aliphatic rings. The second kappa shape index (κ2) is 6.33. The Kier molecular flexibility index (Phi) is 4.51. The first-order chi connectivity index (χ1) is 9.58. The second-order valence-electron chi connectivity index (χ2n) is 3.89. The summed E-state index contributed by atoms with van der Waals surface area (Å²) in [5.41, 5.74) is 1.81. The highest BCUT2D eigenvalue weighted by atomic mass is 35.5. The number of hydrogen-bond donors (Lipinski definition) is 2. The molecule has 0 radical (unpaired) electrons. The smallest absolute Gasteiger partial charge is 0.175 e. The van der Waals surface area contributed by atoms with Gasteiger partial charge in [0, 0.05) is 5.69 Å². The summed E-state index contributed by atoms with van der Waals surface area (Å²) in [6, 6.07) is 12.9. The molecule has 2 aromatic rings. The zero-order valence-corrected chi connectivity index (χ0v) is 11.7. The van der Waals surface area contributed by atoms with Crippen LogP contribution in [0.1, 0.15) is 5.56 Å². The summed E-state index contributed by atoms with van der Waals surface area (Å²) in [5.74, 6) is -0.411. The summed E-state index contributed by atoms with van der Waals surface area (Å²) in [6.45, 7) is 0.